The van der Waals surface area contributed by atoms with Gasteiger partial charge in [0.15, 0.2) is 0 Å². The molecule has 0 fully saturated rings. The zero-order valence-corrected chi connectivity index (χ0v) is 19.8. The van der Waals surface area contributed by atoms with Crippen LogP contribution >= 0.6 is 0 Å². The maximum absolute atomic E-state index is 12.8. The molecule has 4 unspecified atom stereocenters. The minimum absolute atomic E-state index is 0.0396. The van der Waals surface area contributed by atoms with E-state index in [1.54, 1.807) is 0 Å². The smallest absolute Gasteiger partial charge is 0.326 e. The molecule has 4 amide bonds. The molecule has 1 aromatic carbocycles. The second-order valence-corrected chi connectivity index (χ2v) is 8.12. The highest BCUT2D eigenvalue weighted by molar-refractivity contribution is 5.94. The second-order valence-electron chi connectivity index (χ2n) is 8.12. The zero-order valence-electron chi connectivity index (χ0n) is 19.8. The molecule has 15 heteroatoms. The Kier molecular flexibility index (Phi) is 12.5. The summed E-state index contributed by atoms with van der Waals surface area (Å²) in [5, 5.41) is 43.7. The highest BCUT2D eigenvalue weighted by atomic mass is 16.4. The van der Waals surface area contributed by atoms with Crippen molar-refractivity contribution >= 4 is 35.6 Å². The van der Waals surface area contributed by atoms with Gasteiger partial charge in [0.2, 0.25) is 23.6 Å². The van der Waals surface area contributed by atoms with Gasteiger partial charge >= 0.3 is 11.9 Å². The van der Waals surface area contributed by atoms with Crippen LogP contribution < -0.4 is 27.4 Å². The molecule has 0 aliphatic carbocycles. The first-order valence-corrected chi connectivity index (χ1v) is 11.1. The number of primary amides is 1. The largest absolute Gasteiger partial charge is 0.508 e. The lowest BCUT2D eigenvalue weighted by molar-refractivity contribution is -0.142. The summed E-state index contributed by atoms with van der Waals surface area (Å²) in [6.07, 6.45) is -1.48. The lowest BCUT2D eigenvalue weighted by Crippen LogP contribution is -2.58. The van der Waals surface area contributed by atoms with Crippen LogP contribution in [0.4, 0.5) is 0 Å². The summed E-state index contributed by atoms with van der Waals surface area (Å²) in [5.41, 5.74) is 11.2. The van der Waals surface area contributed by atoms with Gasteiger partial charge in [0.05, 0.1) is 12.6 Å². The number of nitrogens with two attached hydrogens (primary N) is 2. The van der Waals surface area contributed by atoms with Crippen molar-refractivity contribution in [3.63, 3.8) is 0 Å². The number of benzene rings is 1. The molecule has 4 atom stereocenters. The van der Waals surface area contributed by atoms with Crippen molar-refractivity contribution in [2.45, 2.75) is 56.3 Å². The van der Waals surface area contributed by atoms with E-state index in [1.807, 2.05) is 0 Å². The van der Waals surface area contributed by atoms with Gasteiger partial charge in [-0.1, -0.05) is 12.1 Å². The molecule has 37 heavy (non-hydrogen) atoms. The highest BCUT2D eigenvalue weighted by Gasteiger charge is 2.30. The Morgan fingerprint density at radius 3 is 1.84 bits per heavy atom. The number of hydrogen-bond donors (Lipinski definition) is 9. The minimum atomic E-state index is -1.58. The third-order valence-electron chi connectivity index (χ3n) is 5.12. The number of aliphatic hydroxyl groups is 1. The number of carbonyl (C=O) groups is 6. The van der Waals surface area contributed by atoms with Gasteiger partial charge in [0.25, 0.3) is 0 Å². The van der Waals surface area contributed by atoms with Crippen LogP contribution in [0.25, 0.3) is 0 Å². The number of aromatic hydroxyl groups is 1. The fraction of sp³-hybridized carbons (Fsp3) is 0.455. The second kappa shape index (κ2) is 15.0. The quantitative estimate of drug-likeness (QED) is 0.104. The van der Waals surface area contributed by atoms with Gasteiger partial charge in [0, 0.05) is 19.3 Å². The van der Waals surface area contributed by atoms with Crippen molar-refractivity contribution in [1.82, 2.24) is 16.0 Å². The summed E-state index contributed by atoms with van der Waals surface area (Å²) in [6, 6.07) is -0.188. The molecular weight excluding hydrogens is 494 g/mol. The third kappa shape index (κ3) is 11.4. The number of aliphatic carboxylic acids is 2. The summed E-state index contributed by atoms with van der Waals surface area (Å²) < 4.78 is 0. The van der Waals surface area contributed by atoms with Gasteiger partial charge in [-0.2, -0.15) is 0 Å². The standard InChI is InChI=1S/C22H31N5O10/c23-13(5-8-18(31)32)19(33)27-16(10-28)21(35)25-14(6-7-17(24)30)20(34)26-15(22(36)37)9-11-1-3-12(29)4-2-11/h1-4,13-16,28-29H,5-10,23H2,(H2,24,30)(H,25,35)(H,26,34)(H,27,33)(H,31,32)(H,36,37). The number of aliphatic hydroxyl groups excluding tert-OH is 1. The highest BCUT2D eigenvalue weighted by Crippen LogP contribution is 2.12. The van der Waals surface area contributed by atoms with Gasteiger partial charge in [-0.05, 0) is 30.5 Å². The Morgan fingerprint density at radius 2 is 1.32 bits per heavy atom. The first-order chi connectivity index (χ1) is 17.3. The van der Waals surface area contributed by atoms with Crippen molar-refractivity contribution in [3.8, 4) is 5.75 Å². The Morgan fingerprint density at radius 1 is 0.784 bits per heavy atom. The van der Waals surface area contributed by atoms with Crippen molar-refractivity contribution in [2.24, 2.45) is 11.5 Å². The fourth-order valence-electron chi connectivity index (χ4n) is 3.05. The lowest BCUT2D eigenvalue weighted by atomic mass is 10.0. The summed E-state index contributed by atoms with van der Waals surface area (Å²) >= 11 is 0. The molecule has 0 heterocycles. The van der Waals surface area contributed by atoms with Crippen LogP contribution in [0.15, 0.2) is 24.3 Å². The monoisotopic (exact) mass is 525 g/mol. The normalized spacial score (nSPS) is 13.9. The number of amides is 4. The third-order valence-corrected chi connectivity index (χ3v) is 5.12. The van der Waals surface area contributed by atoms with Crippen molar-refractivity contribution in [1.29, 1.82) is 0 Å². The van der Waals surface area contributed by atoms with Crippen LogP contribution in [0.3, 0.4) is 0 Å². The summed E-state index contributed by atoms with van der Waals surface area (Å²) in [6.45, 7) is -0.911. The van der Waals surface area contributed by atoms with Gasteiger partial charge in [-0.3, -0.25) is 24.0 Å². The zero-order chi connectivity index (χ0) is 28.1. The molecule has 15 nitrogen and oxygen atoms in total. The average Bonchev–Trinajstić information content (AvgIpc) is 2.83. The topological polar surface area (TPSA) is 271 Å². The van der Waals surface area contributed by atoms with E-state index in [9.17, 15) is 44.1 Å². The lowest BCUT2D eigenvalue weighted by Gasteiger charge is -2.24. The average molecular weight is 526 g/mol. The molecule has 0 saturated heterocycles. The Bertz CT molecular complexity index is 985. The number of rotatable bonds is 16. The van der Waals surface area contributed by atoms with Gasteiger partial charge in [-0.15, -0.1) is 0 Å². The Labute approximate surface area is 211 Å². The van der Waals surface area contributed by atoms with Crippen LogP contribution in [-0.2, 0) is 35.2 Å². The number of carbonyl (C=O) groups excluding carboxylic acids is 4. The SMILES string of the molecule is NC(=O)CCC(NC(=O)C(CO)NC(=O)C(N)CCC(=O)O)C(=O)NC(Cc1ccc(O)cc1)C(=O)O. The first kappa shape index (κ1) is 30.8. The molecule has 0 aromatic heterocycles. The van der Waals surface area contributed by atoms with E-state index in [0.717, 1.165) is 0 Å². The van der Waals surface area contributed by atoms with Crippen molar-refractivity contribution < 1.29 is 49.2 Å². The number of hydrogen-bond acceptors (Lipinski definition) is 9. The van der Waals surface area contributed by atoms with Crippen LogP contribution in [0.1, 0.15) is 31.2 Å². The van der Waals surface area contributed by atoms with E-state index < -0.39 is 72.8 Å². The molecule has 1 rings (SSSR count). The summed E-state index contributed by atoms with van der Waals surface area (Å²) in [5.74, 6) is -6.36. The molecule has 0 bridgehead atoms. The Balaban J connectivity index is 2.93. The maximum Gasteiger partial charge on any atom is 0.326 e. The van der Waals surface area contributed by atoms with E-state index in [1.165, 1.54) is 24.3 Å². The molecule has 0 saturated carbocycles. The molecular formula is C22H31N5O10. The molecule has 11 N–H and O–H groups in total. The van der Waals surface area contributed by atoms with Crippen LogP contribution in [-0.4, -0.2) is 86.8 Å². The molecule has 0 aliphatic rings. The maximum atomic E-state index is 12.8. The molecule has 0 radical (unpaired) electrons. The van der Waals surface area contributed by atoms with E-state index >= 15 is 0 Å². The molecule has 1 aromatic rings. The number of nitrogens with one attached hydrogen (secondary N) is 3. The van der Waals surface area contributed by atoms with E-state index in [4.69, 9.17) is 16.6 Å². The van der Waals surface area contributed by atoms with Gasteiger partial charge in [-0.25, -0.2) is 4.79 Å². The number of carboxylic acids is 2. The van der Waals surface area contributed by atoms with E-state index in [0.29, 0.717) is 5.56 Å². The van der Waals surface area contributed by atoms with E-state index in [2.05, 4.69) is 16.0 Å². The number of phenolic OH excluding ortho intramolecular Hbond substituents is 1. The van der Waals surface area contributed by atoms with Crippen LogP contribution in [0.5, 0.6) is 5.75 Å². The molecule has 0 aliphatic heterocycles. The Hall–Kier alpha value is -4.24. The van der Waals surface area contributed by atoms with Crippen molar-refractivity contribution in [3.05, 3.63) is 29.8 Å². The predicted octanol–water partition coefficient (Wildman–Crippen LogP) is -3.08. The predicted molar refractivity (Wildman–Crippen MR) is 126 cm³/mol. The fourth-order valence-corrected chi connectivity index (χ4v) is 3.05. The van der Waals surface area contributed by atoms with Gasteiger partial charge in [0.1, 0.15) is 23.9 Å². The number of phenols is 1. The van der Waals surface area contributed by atoms with Gasteiger partial charge < -0.3 is 47.8 Å². The van der Waals surface area contributed by atoms with Crippen LogP contribution in [0, 0.1) is 0 Å². The number of carboxylic acid groups (broad SMARTS) is 2. The summed E-state index contributed by atoms with van der Waals surface area (Å²) in [4.78, 5) is 71.2. The molecule has 204 valence electrons. The minimum Gasteiger partial charge on any atom is -0.508 e. The first-order valence-electron chi connectivity index (χ1n) is 11.1. The van der Waals surface area contributed by atoms with Crippen LogP contribution in [0.2, 0.25) is 0 Å². The van der Waals surface area contributed by atoms with E-state index in [-0.39, 0.29) is 31.4 Å². The van der Waals surface area contributed by atoms with Crippen molar-refractivity contribution in [2.75, 3.05) is 6.61 Å². The molecule has 0 spiro atoms. The summed E-state index contributed by atoms with van der Waals surface area (Å²) in [7, 11) is 0.